The van der Waals surface area contributed by atoms with Crippen molar-refractivity contribution in [1.29, 1.82) is 0 Å². The summed E-state index contributed by atoms with van der Waals surface area (Å²) in [5, 5.41) is 0. The van der Waals surface area contributed by atoms with Gasteiger partial charge in [-0.3, -0.25) is 4.79 Å². The first-order valence-corrected chi connectivity index (χ1v) is 14.1. The van der Waals surface area contributed by atoms with Crippen molar-refractivity contribution >= 4 is 5.78 Å². The number of carbonyl (C=O) groups excluding carboxylic acids is 1. The molecule has 6 aromatic carbocycles. The van der Waals surface area contributed by atoms with E-state index in [1.165, 1.54) is 11.1 Å². The number of rotatable bonds is 9. The molecule has 210 valence electrons. The Labute approximate surface area is 251 Å². The zero-order valence-corrected chi connectivity index (χ0v) is 24.0. The molecule has 0 aliphatic rings. The number of ether oxygens (including phenoxy) is 3. The molecule has 0 aromatic heterocycles. The van der Waals surface area contributed by atoms with E-state index in [4.69, 9.17) is 14.2 Å². The number of aryl methyl sites for hydroxylation is 1. The minimum atomic E-state index is 0.0341. The van der Waals surface area contributed by atoms with Crippen molar-refractivity contribution in [3.8, 4) is 56.8 Å². The quantitative estimate of drug-likeness (QED) is 0.164. The topological polar surface area (TPSA) is 44.8 Å². The summed E-state index contributed by atoms with van der Waals surface area (Å²) >= 11 is 0. The monoisotopic (exact) mass is 562 g/mol. The predicted octanol–water partition coefficient (Wildman–Crippen LogP) is 10.9. The molecule has 0 saturated heterocycles. The van der Waals surface area contributed by atoms with E-state index in [0.29, 0.717) is 11.3 Å². The highest BCUT2D eigenvalue weighted by Crippen LogP contribution is 2.31. The fourth-order valence-electron chi connectivity index (χ4n) is 4.63. The van der Waals surface area contributed by atoms with Crippen LogP contribution in [0.4, 0.5) is 0 Å². The van der Waals surface area contributed by atoms with E-state index in [2.05, 4.69) is 43.3 Å². The number of hydrogen-bond donors (Lipinski definition) is 0. The lowest BCUT2D eigenvalue weighted by molar-refractivity contribution is 0.101. The zero-order valence-electron chi connectivity index (χ0n) is 24.0. The van der Waals surface area contributed by atoms with Gasteiger partial charge < -0.3 is 14.2 Å². The van der Waals surface area contributed by atoms with Crippen LogP contribution in [0.15, 0.2) is 146 Å². The molecular weight excluding hydrogens is 532 g/mol. The maximum atomic E-state index is 11.5. The fourth-order valence-corrected chi connectivity index (χ4v) is 4.63. The summed E-state index contributed by atoms with van der Waals surface area (Å²) in [5.41, 5.74) is 6.39. The van der Waals surface area contributed by atoms with Crippen LogP contribution in [0.3, 0.4) is 0 Å². The van der Waals surface area contributed by atoms with E-state index >= 15 is 0 Å². The highest BCUT2D eigenvalue weighted by atomic mass is 16.5. The Morgan fingerprint density at radius 1 is 0.372 bits per heavy atom. The molecule has 0 atom stereocenters. The highest BCUT2D eigenvalue weighted by molar-refractivity contribution is 5.94. The van der Waals surface area contributed by atoms with Crippen molar-refractivity contribution in [3.05, 3.63) is 157 Å². The summed E-state index contributed by atoms with van der Waals surface area (Å²) in [6.07, 6.45) is 0. The number of ketones is 1. The molecule has 0 bridgehead atoms. The zero-order chi connectivity index (χ0) is 29.6. The molecule has 0 fully saturated rings. The first kappa shape index (κ1) is 27.6. The van der Waals surface area contributed by atoms with Crippen molar-refractivity contribution in [2.45, 2.75) is 13.8 Å². The van der Waals surface area contributed by atoms with Gasteiger partial charge in [0.25, 0.3) is 0 Å². The van der Waals surface area contributed by atoms with Gasteiger partial charge in [0, 0.05) is 5.56 Å². The van der Waals surface area contributed by atoms with Crippen LogP contribution in [-0.4, -0.2) is 5.78 Å². The second kappa shape index (κ2) is 12.5. The van der Waals surface area contributed by atoms with Crippen molar-refractivity contribution < 1.29 is 19.0 Å². The van der Waals surface area contributed by atoms with E-state index in [9.17, 15) is 4.79 Å². The van der Waals surface area contributed by atoms with E-state index in [1.807, 2.05) is 84.9 Å². The number of benzene rings is 6. The third-order valence-electron chi connectivity index (χ3n) is 7.07. The second-order valence-corrected chi connectivity index (χ2v) is 10.3. The Kier molecular flexibility index (Phi) is 8.01. The SMILES string of the molecule is CC(=O)c1ccc(Oc2ccc(-c3ccc(Oc4ccc(Oc5ccc(-c6ccc(C)cc6)cc5)cc4)cc3)cc2)cc1. The standard InChI is InChI=1S/C39H30O4/c1-27-3-5-30(6-4-27)31-9-17-36(18-10-31)42-38-23-25-39(26-24-38)43-37-21-13-33(14-22-37)32-11-19-35(20-12-32)41-34-15-7-29(8-16-34)28(2)40/h3-26H,1-2H3. The van der Waals surface area contributed by atoms with Crippen LogP contribution in [0.2, 0.25) is 0 Å². The smallest absolute Gasteiger partial charge is 0.159 e. The summed E-state index contributed by atoms with van der Waals surface area (Å²) in [4.78, 5) is 11.5. The Morgan fingerprint density at radius 2 is 0.605 bits per heavy atom. The van der Waals surface area contributed by atoms with Crippen molar-refractivity contribution in [1.82, 2.24) is 0 Å². The molecule has 0 unspecified atom stereocenters. The van der Waals surface area contributed by atoms with E-state index in [0.717, 1.165) is 45.4 Å². The van der Waals surface area contributed by atoms with Gasteiger partial charge in [-0.2, -0.15) is 0 Å². The summed E-state index contributed by atoms with van der Waals surface area (Å²) in [5.74, 6) is 4.45. The summed E-state index contributed by atoms with van der Waals surface area (Å²) < 4.78 is 18.0. The molecule has 4 heteroatoms. The van der Waals surface area contributed by atoms with Crippen LogP contribution < -0.4 is 14.2 Å². The normalized spacial score (nSPS) is 10.7. The van der Waals surface area contributed by atoms with E-state index in [1.54, 1.807) is 31.2 Å². The van der Waals surface area contributed by atoms with Gasteiger partial charge in [0.05, 0.1) is 0 Å². The Bertz CT molecular complexity index is 1800. The third-order valence-corrected chi connectivity index (χ3v) is 7.07. The molecular formula is C39H30O4. The highest BCUT2D eigenvalue weighted by Gasteiger charge is 2.05. The van der Waals surface area contributed by atoms with Gasteiger partial charge in [-0.25, -0.2) is 0 Å². The number of hydrogen-bond acceptors (Lipinski definition) is 4. The molecule has 0 aliphatic heterocycles. The molecule has 0 aliphatic carbocycles. The lowest BCUT2D eigenvalue weighted by Gasteiger charge is -2.10. The van der Waals surface area contributed by atoms with Crippen molar-refractivity contribution in [2.24, 2.45) is 0 Å². The van der Waals surface area contributed by atoms with Crippen LogP contribution in [0.1, 0.15) is 22.8 Å². The van der Waals surface area contributed by atoms with Crippen molar-refractivity contribution in [3.63, 3.8) is 0 Å². The molecule has 0 radical (unpaired) electrons. The van der Waals surface area contributed by atoms with Gasteiger partial charge in [-0.05, 0) is 121 Å². The molecule has 6 rings (SSSR count). The van der Waals surface area contributed by atoms with Gasteiger partial charge in [-0.15, -0.1) is 0 Å². The van der Waals surface area contributed by atoms with Gasteiger partial charge >= 0.3 is 0 Å². The molecule has 0 spiro atoms. The Hall–Kier alpha value is -5.61. The molecule has 0 saturated carbocycles. The summed E-state index contributed by atoms with van der Waals surface area (Å²) in [7, 11) is 0. The van der Waals surface area contributed by atoms with Gasteiger partial charge in [0.2, 0.25) is 0 Å². The largest absolute Gasteiger partial charge is 0.457 e. The van der Waals surface area contributed by atoms with Crippen LogP contribution >= 0.6 is 0 Å². The van der Waals surface area contributed by atoms with E-state index in [-0.39, 0.29) is 5.78 Å². The average Bonchev–Trinajstić information content (AvgIpc) is 3.04. The van der Waals surface area contributed by atoms with Gasteiger partial charge in [0.1, 0.15) is 34.5 Å². The molecule has 0 heterocycles. The fraction of sp³-hybridized carbons (Fsp3) is 0.0513. The molecule has 4 nitrogen and oxygen atoms in total. The summed E-state index contributed by atoms with van der Waals surface area (Å²) in [6.45, 7) is 3.64. The average molecular weight is 563 g/mol. The Morgan fingerprint density at radius 3 is 0.884 bits per heavy atom. The maximum absolute atomic E-state index is 11.5. The predicted molar refractivity (Wildman–Crippen MR) is 172 cm³/mol. The molecule has 0 N–H and O–H groups in total. The van der Waals surface area contributed by atoms with Crippen LogP contribution in [-0.2, 0) is 0 Å². The first-order chi connectivity index (χ1) is 21.0. The molecule has 43 heavy (non-hydrogen) atoms. The van der Waals surface area contributed by atoms with Crippen LogP contribution in [0.5, 0.6) is 34.5 Å². The number of Topliss-reactive ketones (excluding diaryl/α,β-unsaturated/α-hetero) is 1. The maximum Gasteiger partial charge on any atom is 0.159 e. The van der Waals surface area contributed by atoms with Gasteiger partial charge in [-0.1, -0.05) is 66.2 Å². The van der Waals surface area contributed by atoms with Crippen molar-refractivity contribution in [2.75, 3.05) is 0 Å². The van der Waals surface area contributed by atoms with Crippen LogP contribution in [0.25, 0.3) is 22.3 Å². The molecule has 6 aromatic rings. The summed E-state index contributed by atoms with van der Waals surface area (Å²) in [6, 6.07) is 47.2. The van der Waals surface area contributed by atoms with E-state index < -0.39 is 0 Å². The third kappa shape index (κ3) is 7.00. The first-order valence-electron chi connectivity index (χ1n) is 14.1. The Balaban J connectivity index is 1.03. The minimum absolute atomic E-state index is 0.0341. The second-order valence-electron chi connectivity index (χ2n) is 10.3. The lowest BCUT2D eigenvalue weighted by atomic mass is 10.0. The number of carbonyl (C=O) groups is 1. The van der Waals surface area contributed by atoms with Gasteiger partial charge in [0.15, 0.2) is 5.78 Å². The lowest BCUT2D eigenvalue weighted by Crippen LogP contribution is -1.91. The van der Waals surface area contributed by atoms with Crippen LogP contribution in [0, 0.1) is 6.92 Å². The molecule has 0 amide bonds. The minimum Gasteiger partial charge on any atom is -0.457 e.